The normalized spacial score (nSPS) is 11.4. The van der Waals surface area contributed by atoms with Crippen LogP contribution in [-0.2, 0) is 0 Å². The Hall–Kier alpha value is -3.80. The molecule has 1 aromatic heterocycles. The summed E-state index contributed by atoms with van der Waals surface area (Å²) in [4.78, 5) is 40.7. The predicted octanol–water partition coefficient (Wildman–Crippen LogP) is 4.03. The summed E-state index contributed by atoms with van der Waals surface area (Å²) in [6, 6.07) is 20.7. The van der Waals surface area contributed by atoms with Crippen LogP contribution >= 0.6 is 0 Å². The number of nitrogens with one attached hydrogen (secondary N) is 2. The fourth-order valence-electron chi connectivity index (χ4n) is 2.79. The smallest absolute Gasteiger partial charge is 0.274 e. The molecule has 1 atom stereocenters. The molecule has 3 rings (SSSR count). The quantitative estimate of drug-likeness (QED) is 0.625. The zero-order chi connectivity index (χ0) is 20.8. The fraction of sp³-hybridized carbons (Fsp3) is 0.130. The van der Waals surface area contributed by atoms with Crippen molar-refractivity contribution in [2.45, 2.75) is 19.9 Å². The Morgan fingerprint density at radius 3 is 2.17 bits per heavy atom. The Kier molecular flexibility index (Phi) is 6.14. The minimum absolute atomic E-state index is 0.0922. The average Bonchev–Trinajstić information content (AvgIpc) is 2.74. The van der Waals surface area contributed by atoms with Gasteiger partial charge in [0.25, 0.3) is 11.8 Å². The summed E-state index contributed by atoms with van der Waals surface area (Å²) in [5.74, 6) is -0.920. The monoisotopic (exact) mass is 387 g/mol. The molecule has 3 aromatic rings. The first-order valence-corrected chi connectivity index (χ1v) is 9.19. The van der Waals surface area contributed by atoms with Crippen LogP contribution in [0.3, 0.4) is 0 Å². The number of rotatable bonds is 6. The SMILES string of the molecule is CC(=O)c1cccc(NC(=O)c2cccc(C(=O)NC(C)c3ccccc3)n2)c1. The maximum absolute atomic E-state index is 12.5. The third-order valence-electron chi connectivity index (χ3n) is 4.39. The van der Waals surface area contributed by atoms with Crippen molar-refractivity contribution in [3.8, 4) is 0 Å². The number of aromatic nitrogens is 1. The molecular weight excluding hydrogens is 366 g/mol. The van der Waals surface area contributed by atoms with Crippen molar-refractivity contribution >= 4 is 23.3 Å². The molecule has 0 fully saturated rings. The molecule has 29 heavy (non-hydrogen) atoms. The van der Waals surface area contributed by atoms with E-state index in [1.807, 2.05) is 37.3 Å². The lowest BCUT2D eigenvalue weighted by atomic mass is 10.1. The molecule has 0 saturated heterocycles. The lowest BCUT2D eigenvalue weighted by molar-refractivity contribution is 0.0933. The number of amides is 2. The standard InChI is InChI=1S/C23H21N3O3/c1-15(17-8-4-3-5-9-17)24-22(28)20-12-7-13-21(26-20)23(29)25-19-11-6-10-18(14-19)16(2)27/h3-15H,1-2H3,(H,24,28)(H,25,29). The molecule has 0 radical (unpaired) electrons. The third-order valence-corrected chi connectivity index (χ3v) is 4.39. The zero-order valence-electron chi connectivity index (χ0n) is 16.2. The second kappa shape index (κ2) is 8.93. The Balaban J connectivity index is 1.71. The predicted molar refractivity (Wildman–Crippen MR) is 111 cm³/mol. The summed E-state index contributed by atoms with van der Waals surface area (Å²) in [6.07, 6.45) is 0. The zero-order valence-corrected chi connectivity index (χ0v) is 16.2. The molecule has 2 N–H and O–H groups in total. The van der Waals surface area contributed by atoms with E-state index in [0.717, 1.165) is 5.56 Å². The number of hydrogen-bond donors (Lipinski definition) is 2. The van der Waals surface area contributed by atoms with Crippen LogP contribution in [0.4, 0.5) is 5.69 Å². The van der Waals surface area contributed by atoms with Crippen molar-refractivity contribution in [1.82, 2.24) is 10.3 Å². The van der Waals surface area contributed by atoms with Gasteiger partial charge in [-0.15, -0.1) is 0 Å². The molecule has 0 spiro atoms. The minimum atomic E-state index is -0.462. The molecule has 6 heteroatoms. The van der Waals surface area contributed by atoms with Gasteiger partial charge in [-0.3, -0.25) is 14.4 Å². The molecule has 0 aliphatic heterocycles. The van der Waals surface area contributed by atoms with Crippen LogP contribution in [0.5, 0.6) is 0 Å². The number of hydrogen-bond acceptors (Lipinski definition) is 4. The van der Waals surface area contributed by atoms with Crippen LogP contribution in [0.15, 0.2) is 72.8 Å². The van der Waals surface area contributed by atoms with Crippen LogP contribution in [0.2, 0.25) is 0 Å². The first-order valence-electron chi connectivity index (χ1n) is 9.19. The third kappa shape index (κ3) is 5.13. The van der Waals surface area contributed by atoms with E-state index >= 15 is 0 Å². The first-order chi connectivity index (χ1) is 13.9. The Bertz CT molecular complexity index is 1050. The van der Waals surface area contributed by atoms with Gasteiger partial charge in [-0.1, -0.05) is 48.5 Å². The molecular formula is C23H21N3O3. The van der Waals surface area contributed by atoms with E-state index in [1.54, 1.807) is 36.4 Å². The van der Waals surface area contributed by atoms with Gasteiger partial charge in [0.2, 0.25) is 0 Å². The van der Waals surface area contributed by atoms with Crippen molar-refractivity contribution in [3.05, 3.63) is 95.3 Å². The molecule has 0 bridgehead atoms. The van der Waals surface area contributed by atoms with Crippen molar-refractivity contribution in [2.75, 3.05) is 5.32 Å². The molecule has 0 saturated carbocycles. The number of ketones is 1. The molecule has 2 aromatic carbocycles. The summed E-state index contributed by atoms with van der Waals surface area (Å²) in [5.41, 5.74) is 2.21. The highest BCUT2D eigenvalue weighted by atomic mass is 16.2. The number of anilines is 1. The van der Waals surface area contributed by atoms with E-state index in [9.17, 15) is 14.4 Å². The minimum Gasteiger partial charge on any atom is -0.344 e. The second-order valence-corrected chi connectivity index (χ2v) is 6.61. The van der Waals surface area contributed by atoms with Gasteiger partial charge in [0.15, 0.2) is 5.78 Å². The lowest BCUT2D eigenvalue weighted by Gasteiger charge is -2.14. The number of Topliss-reactive ketones (excluding diaryl/α,β-unsaturated/α-hetero) is 1. The fourth-order valence-corrected chi connectivity index (χ4v) is 2.79. The van der Waals surface area contributed by atoms with Crippen LogP contribution in [0.1, 0.15) is 56.8 Å². The number of carbonyl (C=O) groups is 3. The molecule has 6 nitrogen and oxygen atoms in total. The molecule has 1 heterocycles. The van der Waals surface area contributed by atoms with E-state index < -0.39 is 5.91 Å². The lowest BCUT2D eigenvalue weighted by Crippen LogP contribution is -2.28. The van der Waals surface area contributed by atoms with Gasteiger partial charge in [0.05, 0.1) is 6.04 Å². The van der Waals surface area contributed by atoms with Crippen LogP contribution < -0.4 is 10.6 Å². The maximum Gasteiger partial charge on any atom is 0.274 e. The van der Waals surface area contributed by atoms with Gasteiger partial charge in [0.1, 0.15) is 11.4 Å². The van der Waals surface area contributed by atoms with Crippen molar-refractivity contribution in [2.24, 2.45) is 0 Å². The highest BCUT2D eigenvalue weighted by Gasteiger charge is 2.15. The number of nitrogens with zero attached hydrogens (tertiary/aromatic N) is 1. The van der Waals surface area contributed by atoms with Crippen molar-refractivity contribution in [1.29, 1.82) is 0 Å². The first kappa shape index (κ1) is 19.9. The van der Waals surface area contributed by atoms with Gasteiger partial charge in [-0.2, -0.15) is 0 Å². The Morgan fingerprint density at radius 1 is 0.828 bits per heavy atom. The Morgan fingerprint density at radius 2 is 1.48 bits per heavy atom. The van der Waals surface area contributed by atoms with Crippen LogP contribution in [0, 0.1) is 0 Å². The van der Waals surface area contributed by atoms with Gasteiger partial charge in [-0.25, -0.2) is 4.98 Å². The topological polar surface area (TPSA) is 88.2 Å². The van der Waals surface area contributed by atoms with Gasteiger partial charge in [-0.05, 0) is 43.7 Å². The molecule has 1 unspecified atom stereocenters. The number of carbonyl (C=O) groups excluding carboxylic acids is 3. The second-order valence-electron chi connectivity index (χ2n) is 6.61. The largest absolute Gasteiger partial charge is 0.344 e. The van der Waals surface area contributed by atoms with E-state index in [0.29, 0.717) is 11.3 Å². The van der Waals surface area contributed by atoms with Crippen molar-refractivity contribution in [3.63, 3.8) is 0 Å². The summed E-state index contributed by atoms with van der Waals surface area (Å²) >= 11 is 0. The van der Waals surface area contributed by atoms with Gasteiger partial charge < -0.3 is 10.6 Å². The van der Waals surface area contributed by atoms with E-state index in [4.69, 9.17) is 0 Å². The molecule has 2 amide bonds. The number of pyridine rings is 1. The average molecular weight is 387 g/mol. The molecule has 146 valence electrons. The highest BCUT2D eigenvalue weighted by molar-refractivity contribution is 6.04. The summed E-state index contributed by atoms with van der Waals surface area (Å²) in [5, 5.41) is 5.58. The van der Waals surface area contributed by atoms with Crippen LogP contribution in [-0.4, -0.2) is 22.6 Å². The number of benzene rings is 2. The van der Waals surface area contributed by atoms with E-state index in [2.05, 4.69) is 15.6 Å². The summed E-state index contributed by atoms with van der Waals surface area (Å²) in [6.45, 7) is 3.34. The molecule has 0 aliphatic carbocycles. The highest BCUT2D eigenvalue weighted by Crippen LogP contribution is 2.14. The molecule has 0 aliphatic rings. The van der Waals surface area contributed by atoms with E-state index in [1.165, 1.54) is 13.0 Å². The Labute approximate surface area is 169 Å². The van der Waals surface area contributed by atoms with Gasteiger partial charge in [0, 0.05) is 11.3 Å². The van der Waals surface area contributed by atoms with E-state index in [-0.39, 0.29) is 29.1 Å². The maximum atomic E-state index is 12.5. The summed E-state index contributed by atoms with van der Waals surface area (Å²) in [7, 11) is 0. The van der Waals surface area contributed by atoms with Gasteiger partial charge >= 0.3 is 0 Å². The van der Waals surface area contributed by atoms with Crippen LogP contribution in [0.25, 0.3) is 0 Å². The summed E-state index contributed by atoms with van der Waals surface area (Å²) < 4.78 is 0. The van der Waals surface area contributed by atoms with Crippen molar-refractivity contribution < 1.29 is 14.4 Å².